The SMILES string of the molecule is C=C(/N=C(\N/C(C)=C(/C)c1cccc2c1sc1ccccc12)c1ccc(I)cc1)c1ccccc1-c1ccccc1. The predicted molar refractivity (Wildman–Crippen MR) is 187 cm³/mol. The lowest BCUT2D eigenvalue weighted by molar-refractivity contribution is 1.11. The minimum absolute atomic E-state index is 0.711. The van der Waals surface area contributed by atoms with Crippen molar-refractivity contribution in [1.29, 1.82) is 0 Å². The van der Waals surface area contributed by atoms with E-state index < -0.39 is 0 Å². The Labute approximate surface area is 258 Å². The van der Waals surface area contributed by atoms with Crippen LogP contribution in [0, 0.1) is 3.57 Å². The molecule has 0 radical (unpaired) electrons. The van der Waals surface area contributed by atoms with E-state index in [1.807, 2.05) is 23.5 Å². The van der Waals surface area contributed by atoms with Crippen LogP contribution in [0.1, 0.15) is 30.5 Å². The third kappa shape index (κ3) is 5.63. The summed E-state index contributed by atoms with van der Waals surface area (Å²) in [6, 6.07) is 42.4. The molecule has 0 fully saturated rings. The molecule has 0 bridgehead atoms. The quantitative estimate of drug-likeness (QED) is 0.107. The first-order chi connectivity index (χ1) is 20.0. The van der Waals surface area contributed by atoms with Crippen LogP contribution >= 0.6 is 33.9 Å². The van der Waals surface area contributed by atoms with Gasteiger partial charge in [-0.1, -0.05) is 110 Å². The molecule has 4 heteroatoms. The molecule has 41 heavy (non-hydrogen) atoms. The maximum absolute atomic E-state index is 5.12. The summed E-state index contributed by atoms with van der Waals surface area (Å²) >= 11 is 4.19. The first-order valence-electron chi connectivity index (χ1n) is 13.5. The number of hydrogen-bond donors (Lipinski definition) is 1. The van der Waals surface area contributed by atoms with Crippen molar-refractivity contribution in [2.45, 2.75) is 13.8 Å². The average Bonchev–Trinajstić information content (AvgIpc) is 3.40. The molecule has 0 aliphatic heterocycles. The number of benzene rings is 5. The van der Waals surface area contributed by atoms with E-state index in [1.165, 1.54) is 34.9 Å². The van der Waals surface area contributed by atoms with E-state index in [1.54, 1.807) is 0 Å². The number of nitrogens with one attached hydrogen (secondary N) is 1. The van der Waals surface area contributed by atoms with E-state index in [2.05, 4.69) is 158 Å². The van der Waals surface area contributed by atoms with Crippen molar-refractivity contribution in [1.82, 2.24) is 5.32 Å². The van der Waals surface area contributed by atoms with Gasteiger partial charge in [-0.15, -0.1) is 11.3 Å². The van der Waals surface area contributed by atoms with Gasteiger partial charge in [0.25, 0.3) is 0 Å². The van der Waals surface area contributed by atoms with Crippen LogP contribution in [0.3, 0.4) is 0 Å². The molecule has 1 N–H and O–H groups in total. The van der Waals surface area contributed by atoms with Crippen LogP contribution in [0.5, 0.6) is 0 Å². The molecule has 0 saturated heterocycles. The van der Waals surface area contributed by atoms with Crippen LogP contribution in [-0.4, -0.2) is 5.84 Å². The van der Waals surface area contributed by atoms with E-state index >= 15 is 0 Å². The first-order valence-corrected chi connectivity index (χ1v) is 15.4. The molecule has 0 aliphatic carbocycles. The van der Waals surface area contributed by atoms with Gasteiger partial charge in [-0.25, -0.2) is 4.99 Å². The molecule has 5 aromatic carbocycles. The average molecular weight is 661 g/mol. The summed E-state index contributed by atoms with van der Waals surface area (Å²) < 4.78 is 3.79. The van der Waals surface area contributed by atoms with Gasteiger partial charge in [-0.2, -0.15) is 0 Å². The lowest BCUT2D eigenvalue weighted by atomic mass is 9.98. The number of allylic oxidation sites excluding steroid dienone is 2. The molecule has 0 aliphatic rings. The Morgan fingerprint density at radius 1 is 0.707 bits per heavy atom. The van der Waals surface area contributed by atoms with E-state index in [0.29, 0.717) is 5.70 Å². The number of aliphatic imine (C=N–C) groups is 1. The second-order valence-corrected chi connectivity index (χ2v) is 12.3. The predicted octanol–water partition coefficient (Wildman–Crippen LogP) is 10.8. The smallest absolute Gasteiger partial charge is 0.138 e. The highest BCUT2D eigenvalue weighted by Crippen LogP contribution is 2.38. The fourth-order valence-corrected chi connectivity index (χ4v) is 6.72. The highest BCUT2D eigenvalue weighted by Gasteiger charge is 2.14. The number of hydrogen-bond acceptors (Lipinski definition) is 2. The van der Waals surface area contributed by atoms with Crippen molar-refractivity contribution in [3.05, 3.63) is 154 Å². The summed E-state index contributed by atoms with van der Waals surface area (Å²) in [7, 11) is 0. The van der Waals surface area contributed by atoms with E-state index in [9.17, 15) is 0 Å². The summed E-state index contributed by atoms with van der Waals surface area (Å²) in [6.45, 7) is 8.74. The number of nitrogens with zero attached hydrogens (tertiary/aromatic N) is 1. The summed E-state index contributed by atoms with van der Waals surface area (Å²) in [6.07, 6.45) is 0. The Kier molecular flexibility index (Phi) is 7.86. The molecule has 1 aromatic heterocycles. The molecule has 6 rings (SSSR count). The third-order valence-electron chi connectivity index (χ3n) is 7.36. The van der Waals surface area contributed by atoms with E-state index in [-0.39, 0.29) is 0 Å². The Hall–Kier alpha value is -4.00. The normalized spacial score (nSPS) is 12.4. The van der Waals surface area contributed by atoms with Gasteiger partial charge in [0.05, 0.1) is 5.70 Å². The minimum Gasteiger partial charge on any atom is -0.343 e. The van der Waals surface area contributed by atoms with Gasteiger partial charge in [-0.05, 0) is 76.9 Å². The zero-order chi connectivity index (χ0) is 28.3. The molecule has 1 heterocycles. The molecule has 0 unspecified atom stereocenters. The standard InChI is InChI=1S/C37H29IN2S/c1-24(30-17-11-18-34-33-16-9-10-19-35(33)41-36(30)34)25(2)39-37(28-20-22-29(38)23-21-28)40-26(3)31-14-7-8-15-32(31)27-12-5-4-6-13-27/h4-23H,3H2,1-2H3,(H,39,40)/b25-24-. The topological polar surface area (TPSA) is 24.4 Å². The molecule has 0 amide bonds. The molecule has 2 nitrogen and oxygen atoms in total. The highest BCUT2D eigenvalue weighted by atomic mass is 127. The zero-order valence-corrected chi connectivity index (χ0v) is 26.0. The van der Waals surface area contributed by atoms with Crippen LogP contribution in [0.2, 0.25) is 0 Å². The summed E-state index contributed by atoms with van der Waals surface area (Å²) in [4.78, 5) is 5.12. The fourth-order valence-electron chi connectivity index (χ4n) is 5.09. The highest BCUT2D eigenvalue weighted by molar-refractivity contribution is 14.1. The van der Waals surface area contributed by atoms with Gasteiger partial charge in [0.1, 0.15) is 5.84 Å². The van der Waals surface area contributed by atoms with Crippen LogP contribution < -0.4 is 5.32 Å². The van der Waals surface area contributed by atoms with Gasteiger partial charge >= 0.3 is 0 Å². The first kappa shape index (κ1) is 27.2. The minimum atomic E-state index is 0.711. The molecular formula is C37H29IN2S. The largest absolute Gasteiger partial charge is 0.343 e. The number of fused-ring (bicyclic) bond motifs is 3. The molecule has 0 atom stereocenters. The molecule has 6 aromatic rings. The summed E-state index contributed by atoms with van der Waals surface area (Å²) in [5.41, 5.74) is 8.47. The van der Waals surface area contributed by atoms with Gasteiger partial charge in [0.2, 0.25) is 0 Å². The van der Waals surface area contributed by atoms with Gasteiger partial charge in [0.15, 0.2) is 0 Å². The van der Waals surface area contributed by atoms with Gasteiger partial charge < -0.3 is 5.32 Å². The Balaban J connectivity index is 1.42. The maximum Gasteiger partial charge on any atom is 0.138 e. The van der Waals surface area contributed by atoms with Gasteiger partial charge in [-0.3, -0.25) is 0 Å². The maximum atomic E-state index is 5.12. The van der Waals surface area contributed by atoms with E-state index in [4.69, 9.17) is 4.99 Å². The molecule has 0 spiro atoms. The lowest BCUT2D eigenvalue weighted by Crippen LogP contribution is -2.23. The molecule has 0 saturated carbocycles. The van der Waals surface area contributed by atoms with Crippen molar-refractivity contribution >= 4 is 71.2 Å². The second-order valence-electron chi connectivity index (χ2n) is 9.98. The number of thiophene rings is 1. The van der Waals surface area contributed by atoms with Crippen molar-refractivity contribution in [3.8, 4) is 11.1 Å². The van der Waals surface area contributed by atoms with Crippen LogP contribution in [0.4, 0.5) is 0 Å². The van der Waals surface area contributed by atoms with Crippen molar-refractivity contribution in [2.75, 3.05) is 0 Å². The molecular weight excluding hydrogens is 631 g/mol. The van der Waals surface area contributed by atoms with Crippen molar-refractivity contribution < 1.29 is 0 Å². The third-order valence-corrected chi connectivity index (χ3v) is 9.30. The second kappa shape index (κ2) is 11.9. The van der Waals surface area contributed by atoms with Crippen LogP contribution in [-0.2, 0) is 0 Å². The Bertz CT molecular complexity index is 1950. The van der Waals surface area contributed by atoms with E-state index in [0.717, 1.165) is 33.8 Å². The van der Waals surface area contributed by atoms with Crippen LogP contribution in [0.25, 0.3) is 42.6 Å². The Morgan fingerprint density at radius 3 is 2.17 bits per heavy atom. The monoisotopic (exact) mass is 660 g/mol. The summed E-state index contributed by atoms with van der Waals surface area (Å²) in [5, 5.41) is 6.29. The number of halogens is 1. The Morgan fingerprint density at radius 2 is 1.37 bits per heavy atom. The molecule has 200 valence electrons. The fraction of sp³-hybridized carbons (Fsp3) is 0.0541. The summed E-state index contributed by atoms with van der Waals surface area (Å²) in [5.74, 6) is 0.773. The number of amidine groups is 1. The van der Waals surface area contributed by atoms with Crippen molar-refractivity contribution in [2.24, 2.45) is 4.99 Å². The zero-order valence-electron chi connectivity index (χ0n) is 23.0. The lowest BCUT2D eigenvalue weighted by Gasteiger charge is -2.16. The van der Waals surface area contributed by atoms with Gasteiger partial charge in [0, 0.05) is 40.6 Å². The number of rotatable bonds is 6. The van der Waals surface area contributed by atoms with Crippen LogP contribution in [0.15, 0.2) is 139 Å². The van der Waals surface area contributed by atoms with Crippen molar-refractivity contribution in [3.63, 3.8) is 0 Å².